The van der Waals surface area contributed by atoms with Crippen molar-refractivity contribution in [2.45, 2.75) is 20.8 Å². The lowest BCUT2D eigenvalue weighted by molar-refractivity contribution is -0.117. The summed E-state index contributed by atoms with van der Waals surface area (Å²) in [5, 5.41) is -0.721. The van der Waals surface area contributed by atoms with E-state index in [1.807, 2.05) is 18.2 Å². The van der Waals surface area contributed by atoms with E-state index in [-0.39, 0.29) is 17.1 Å². The highest BCUT2D eigenvalue weighted by atomic mass is 35.5. The molecule has 0 amide bonds. The average Bonchev–Trinajstić information content (AvgIpc) is 2.25. The van der Waals surface area contributed by atoms with E-state index in [2.05, 4.69) is 0 Å². The van der Waals surface area contributed by atoms with Gasteiger partial charge in [0.1, 0.15) is 5.78 Å². The smallest absolute Gasteiger partial charge is 0.255 e. The zero-order valence-corrected chi connectivity index (χ0v) is 11.3. The summed E-state index contributed by atoms with van der Waals surface area (Å²) in [5.41, 5.74) is 0.796. The maximum Gasteiger partial charge on any atom is 0.255 e. The molecule has 0 atom stereocenters. The van der Waals surface area contributed by atoms with Crippen LogP contribution in [0.4, 0.5) is 0 Å². The first kappa shape index (κ1) is 16.3. The highest BCUT2D eigenvalue weighted by Gasteiger charge is 2.10. The summed E-state index contributed by atoms with van der Waals surface area (Å²) in [6.07, 6.45) is 1.48. The fourth-order valence-electron chi connectivity index (χ4n) is 1.01. The Hall–Kier alpha value is -1.74. The number of allylic oxidation sites excluding steroid dienone is 1. The first-order chi connectivity index (χ1) is 8.34. The van der Waals surface area contributed by atoms with Gasteiger partial charge >= 0.3 is 0 Å². The van der Waals surface area contributed by atoms with Crippen LogP contribution < -0.4 is 0 Å². The van der Waals surface area contributed by atoms with E-state index in [1.54, 1.807) is 12.1 Å². The van der Waals surface area contributed by atoms with E-state index in [4.69, 9.17) is 11.6 Å². The van der Waals surface area contributed by atoms with Crippen molar-refractivity contribution in [1.29, 1.82) is 0 Å². The molecule has 0 N–H and O–H groups in total. The monoisotopic (exact) mass is 266 g/mol. The summed E-state index contributed by atoms with van der Waals surface area (Å²) in [6, 6.07) is 9.09. The fourth-order valence-corrected chi connectivity index (χ4v) is 1.20. The molecule has 0 aliphatic heterocycles. The van der Waals surface area contributed by atoms with Crippen LogP contribution in [0.3, 0.4) is 0 Å². The van der Waals surface area contributed by atoms with E-state index in [0.717, 1.165) is 5.56 Å². The van der Waals surface area contributed by atoms with Gasteiger partial charge in [-0.1, -0.05) is 30.3 Å². The summed E-state index contributed by atoms with van der Waals surface area (Å²) in [4.78, 5) is 31.3. The van der Waals surface area contributed by atoms with Crippen molar-refractivity contribution in [3.05, 3.63) is 41.5 Å². The van der Waals surface area contributed by atoms with Crippen LogP contribution in [0.2, 0.25) is 0 Å². The molecule has 1 rings (SSSR count). The number of hydrogen-bond donors (Lipinski definition) is 0. The number of halogens is 1. The molecule has 0 heterocycles. The van der Waals surface area contributed by atoms with Gasteiger partial charge in [-0.3, -0.25) is 9.59 Å². The van der Waals surface area contributed by atoms with Crippen LogP contribution in [0.25, 0.3) is 6.08 Å². The maximum atomic E-state index is 11.0. The molecule has 0 bridgehead atoms. The van der Waals surface area contributed by atoms with Crippen LogP contribution in [0.5, 0.6) is 0 Å². The van der Waals surface area contributed by atoms with E-state index < -0.39 is 5.24 Å². The minimum Gasteiger partial charge on any atom is -0.300 e. The molecular formula is C14H15ClO3. The second-order valence-electron chi connectivity index (χ2n) is 3.71. The van der Waals surface area contributed by atoms with Gasteiger partial charge in [0.05, 0.1) is 5.57 Å². The molecule has 0 aliphatic carbocycles. The standard InChI is InChI=1S/C11H9ClO2.C3H6O/c1-8(13)10(11(12)14)7-9-5-3-2-4-6-9;1-3(2)4/h2-7H,1H3;1-2H3. The lowest BCUT2D eigenvalue weighted by Crippen LogP contribution is -2.03. The molecular weight excluding hydrogens is 252 g/mol. The minimum absolute atomic E-state index is 0.0119. The quantitative estimate of drug-likeness (QED) is 0.366. The second-order valence-corrected chi connectivity index (χ2v) is 4.05. The predicted octanol–water partition coefficient (Wildman–Crippen LogP) is 3.02. The minimum atomic E-state index is -0.721. The number of carbonyl (C=O) groups is 3. The third-order valence-electron chi connectivity index (χ3n) is 1.70. The number of ketones is 2. The summed E-state index contributed by atoms with van der Waals surface area (Å²) in [7, 11) is 0. The van der Waals surface area contributed by atoms with Crippen molar-refractivity contribution in [3.63, 3.8) is 0 Å². The molecule has 0 unspecified atom stereocenters. The molecule has 0 aliphatic rings. The van der Waals surface area contributed by atoms with E-state index >= 15 is 0 Å². The fraction of sp³-hybridized carbons (Fsp3) is 0.214. The first-order valence-corrected chi connectivity index (χ1v) is 5.67. The molecule has 0 radical (unpaired) electrons. The third kappa shape index (κ3) is 7.52. The van der Waals surface area contributed by atoms with Gasteiger partial charge in [0.25, 0.3) is 5.24 Å². The van der Waals surface area contributed by atoms with Gasteiger partial charge in [0.2, 0.25) is 0 Å². The Kier molecular flexibility index (Phi) is 7.56. The van der Waals surface area contributed by atoms with Gasteiger partial charge in [0.15, 0.2) is 5.78 Å². The first-order valence-electron chi connectivity index (χ1n) is 5.29. The van der Waals surface area contributed by atoms with E-state index in [1.165, 1.54) is 26.8 Å². The van der Waals surface area contributed by atoms with Crippen LogP contribution in [0.1, 0.15) is 26.3 Å². The van der Waals surface area contributed by atoms with Gasteiger partial charge in [-0.05, 0) is 44.0 Å². The summed E-state index contributed by atoms with van der Waals surface area (Å²) < 4.78 is 0. The Balaban J connectivity index is 0.000000631. The van der Waals surface area contributed by atoms with Gasteiger partial charge in [-0.2, -0.15) is 0 Å². The third-order valence-corrected chi connectivity index (χ3v) is 1.91. The second kappa shape index (κ2) is 8.37. The van der Waals surface area contributed by atoms with Crippen molar-refractivity contribution in [2.75, 3.05) is 0 Å². The molecule has 96 valence electrons. The zero-order valence-electron chi connectivity index (χ0n) is 10.6. The van der Waals surface area contributed by atoms with Crippen molar-refractivity contribution >= 4 is 34.5 Å². The Morgan fingerprint density at radius 3 is 1.78 bits per heavy atom. The number of carbonyl (C=O) groups excluding carboxylic acids is 3. The summed E-state index contributed by atoms with van der Waals surface area (Å²) >= 11 is 5.26. The predicted molar refractivity (Wildman–Crippen MR) is 72.3 cm³/mol. The molecule has 1 aromatic carbocycles. The van der Waals surface area contributed by atoms with Crippen LogP contribution in [-0.4, -0.2) is 16.8 Å². The molecule has 0 fully saturated rings. The van der Waals surface area contributed by atoms with E-state index in [9.17, 15) is 14.4 Å². The Bertz CT molecular complexity index is 441. The molecule has 1 aromatic rings. The topological polar surface area (TPSA) is 51.2 Å². The highest BCUT2D eigenvalue weighted by molar-refractivity contribution is 6.71. The van der Waals surface area contributed by atoms with Gasteiger partial charge in [0, 0.05) is 0 Å². The summed E-state index contributed by atoms with van der Waals surface area (Å²) in [6.45, 7) is 4.37. The molecule has 0 saturated heterocycles. The van der Waals surface area contributed by atoms with Crippen molar-refractivity contribution in [3.8, 4) is 0 Å². The average molecular weight is 267 g/mol. The summed E-state index contributed by atoms with van der Waals surface area (Å²) in [5.74, 6) is -0.158. The number of hydrogen-bond acceptors (Lipinski definition) is 3. The maximum absolute atomic E-state index is 11.0. The molecule has 0 spiro atoms. The molecule has 4 heteroatoms. The van der Waals surface area contributed by atoms with Crippen LogP contribution in [0, 0.1) is 0 Å². The van der Waals surface area contributed by atoms with Gasteiger partial charge in [-0.15, -0.1) is 0 Å². The van der Waals surface area contributed by atoms with Crippen LogP contribution in [0.15, 0.2) is 35.9 Å². The van der Waals surface area contributed by atoms with E-state index in [0.29, 0.717) is 0 Å². The Labute approximate surface area is 111 Å². The van der Waals surface area contributed by atoms with Crippen LogP contribution >= 0.6 is 11.6 Å². The SMILES string of the molecule is CC(=O)C(=Cc1ccccc1)C(=O)Cl.CC(C)=O. The molecule has 18 heavy (non-hydrogen) atoms. The number of benzene rings is 1. The van der Waals surface area contributed by atoms with Crippen LogP contribution in [-0.2, 0) is 14.4 Å². The molecule has 0 saturated carbocycles. The van der Waals surface area contributed by atoms with Crippen molar-refractivity contribution in [2.24, 2.45) is 0 Å². The Morgan fingerprint density at radius 1 is 1.00 bits per heavy atom. The van der Waals surface area contributed by atoms with Gasteiger partial charge < -0.3 is 4.79 Å². The van der Waals surface area contributed by atoms with Crippen molar-refractivity contribution in [1.82, 2.24) is 0 Å². The van der Waals surface area contributed by atoms with Crippen molar-refractivity contribution < 1.29 is 14.4 Å². The Morgan fingerprint density at radius 2 is 1.44 bits per heavy atom. The largest absolute Gasteiger partial charge is 0.300 e. The normalized spacial score (nSPS) is 10.1. The zero-order chi connectivity index (χ0) is 14.1. The highest BCUT2D eigenvalue weighted by Crippen LogP contribution is 2.09. The number of Topliss-reactive ketones (excluding diaryl/α,β-unsaturated/α-hetero) is 2. The number of rotatable bonds is 3. The lowest BCUT2D eigenvalue weighted by Gasteiger charge is -1.96. The molecule has 0 aromatic heterocycles. The molecule has 3 nitrogen and oxygen atoms in total. The van der Waals surface area contributed by atoms with Gasteiger partial charge in [-0.25, -0.2) is 0 Å². The lowest BCUT2D eigenvalue weighted by atomic mass is 10.1.